The lowest BCUT2D eigenvalue weighted by Gasteiger charge is -2.10. The average molecular weight is 278 g/mol. The molecule has 0 unspecified atom stereocenters. The summed E-state index contributed by atoms with van der Waals surface area (Å²) in [5, 5.41) is 1.08. The zero-order chi connectivity index (χ0) is 12.7. The smallest absolute Gasteiger partial charge is 0.206 e. The number of rotatable bonds is 1. The Balaban J connectivity index is 2.42. The van der Waals surface area contributed by atoms with Gasteiger partial charge in [0.05, 0.1) is 26.8 Å². The molecule has 0 saturated heterocycles. The molecule has 90 valence electrons. The number of imidazole rings is 1. The van der Waals surface area contributed by atoms with Crippen LogP contribution in [0.25, 0.3) is 16.7 Å². The molecule has 3 rings (SSSR count). The van der Waals surface area contributed by atoms with Crippen molar-refractivity contribution in [2.45, 2.75) is 0 Å². The van der Waals surface area contributed by atoms with Crippen molar-refractivity contribution in [3.63, 3.8) is 0 Å². The van der Waals surface area contributed by atoms with Gasteiger partial charge in [-0.25, -0.2) is 4.98 Å². The summed E-state index contributed by atoms with van der Waals surface area (Å²) in [6, 6.07) is 13.0. The molecule has 0 fully saturated rings. The fourth-order valence-electron chi connectivity index (χ4n) is 1.98. The van der Waals surface area contributed by atoms with E-state index in [2.05, 4.69) is 4.98 Å². The summed E-state index contributed by atoms with van der Waals surface area (Å²) in [5.41, 5.74) is 8.31. The lowest BCUT2D eigenvalue weighted by molar-refractivity contribution is 1.11. The largest absolute Gasteiger partial charge is 0.369 e. The average Bonchev–Trinajstić information content (AvgIpc) is 2.66. The Morgan fingerprint density at radius 1 is 0.944 bits per heavy atom. The van der Waals surface area contributed by atoms with Crippen LogP contribution in [0.2, 0.25) is 10.0 Å². The van der Waals surface area contributed by atoms with Gasteiger partial charge in [-0.2, -0.15) is 0 Å². The van der Waals surface area contributed by atoms with E-state index < -0.39 is 0 Å². The van der Waals surface area contributed by atoms with E-state index in [1.54, 1.807) is 22.8 Å². The molecule has 0 amide bonds. The molecular formula is C13H9Cl2N3. The first-order valence-corrected chi connectivity index (χ1v) is 6.11. The molecule has 3 nitrogen and oxygen atoms in total. The number of nitrogens with zero attached hydrogens (tertiary/aromatic N) is 2. The van der Waals surface area contributed by atoms with E-state index in [0.717, 1.165) is 11.0 Å². The van der Waals surface area contributed by atoms with Crippen molar-refractivity contribution in [1.29, 1.82) is 0 Å². The fraction of sp³-hybridized carbons (Fsp3) is 0. The summed E-state index contributed by atoms with van der Waals surface area (Å²) < 4.78 is 1.76. The molecule has 1 aromatic heterocycles. The third-order valence-corrected chi connectivity index (χ3v) is 3.36. The highest BCUT2D eigenvalue weighted by atomic mass is 35.5. The highest BCUT2D eigenvalue weighted by Crippen LogP contribution is 2.33. The third-order valence-electron chi connectivity index (χ3n) is 2.75. The van der Waals surface area contributed by atoms with Crippen LogP contribution in [0.15, 0.2) is 42.5 Å². The molecule has 18 heavy (non-hydrogen) atoms. The SMILES string of the molecule is Nc1nc2ccccc2n1-c1c(Cl)cccc1Cl. The maximum Gasteiger partial charge on any atom is 0.206 e. The van der Waals surface area contributed by atoms with E-state index in [4.69, 9.17) is 28.9 Å². The maximum absolute atomic E-state index is 6.20. The molecule has 0 radical (unpaired) electrons. The van der Waals surface area contributed by atoms with Gasteiger partial charge in [0, 0.05) is 0 Å². The van der Waals surface area contributed by atoms with E-state index >= 15 is 0 Å². The summed E-state index contributed by atoms with van der Waals surface area (Å²) in [6.45, 7) is 0. The summed E-state index contributed by atoms with van der Waals surface area (Å²) in [6.07, 6.45) is 0. The molecule has 2 N–H and O–H groups in total. The number of hydrogen-bond donors (Lipinski definition) is 1. The Labute approximate surface area is 114 Å². The predicted octanol–water partition coefficient (Wildman–Crippen LogP) is 3.91. The highest BCUT2D eigenvalue weighted by molar-refractivity contribution is 6.38. The van der Waals surface area contributed by atoms with E-state index in [0.29, 0.717) is 21.7 Å². The van der Waals surface area contributed by atoms with Crippen molar-refractivity contribution in [3.05, 3.63) is 52.5 Å². The molecule has 0 spiro atoms. The van der Waals surface area contributed by atoms with Crippen LogP contribution >= 0.6 is 23.2 Å². The first-order chi connectivity index (χ1) is 8.68. The second kappa shape index (κ2) is 4.19. The minimum atomic E-state index is 0.367. The molecule has 0 aliphatic carbocycles. The Morgan fingerprint density at radius 3 is 2.33 bits per heavy atom. The summed E-state index contributed by atoms with van der Waals surface area (Å²) in [5.74, 6) is 0.367. The van der Waals surface area contributed by atoms with Gasteiger partial charge in [0.2, 0.25) is 5.95 Å². The Kier molecular flexibility index (Phi) is 2.65. The summed E-state index contributed by atoms with van der Waals surface area (Å²) in [4.78, 5) is 4.30. The quantitative estimate of drug-likeness (QED) is 0.733. The number of hydrogen-bond acceptors (Lipinski definition) is 2. The van der Waals surface area contributed by atoms with Gasteiger partial charge >= 0.3 is 0 Å². The zero-order valence-corrected chi connectivity index (χ0v) is 10.8. The van der Waals surface area contributed by atoms with Gasteiger partial charge in [-0.15, -0.1) is 0 Å². The van der Waals surface area contributed by atoms with Gasteiger partial charge in [-0.05, 0) is 24.3 Å². The molecule has 5 heteroatoms. The number of halogens is 2. The molecule has 0 saturated carbocycles. The van der Waals surface area contributed by atoms with Crippen LogP contribution in [0.4, 0.5) is 5.95 Å². The van der Waals surface area contributed by atoms with Crippen molar-refractivity contribution in [3.8, 4) is 5.69 Å². The minimum absolute atomic E-state index is 0.367. The molecule has 2 aromatic carbocycles. The van der Waals surface area contributed by atoms with E-state index in [9.17, 15) is 0 Å². The minimum Gasteiger partial charge on any atom is -0.369 e. The number of nitrogen functional groups attached to an aromatic ring is 1. The zero-order valence-electron chi connectivity index (χ0n) is 9.27. The lowest BCUT2D eigenvalue weighted by atomic mass is 10.3. The first-order valence-electron chi connectivity index (χ1n) is 5.36. The normalized spacial score (nSPS) is 11.0. The standard InChI is InChI=1S/C13H9Cl2N3/c14-8-4-3-5-9(15)12(8)18-11-7-2-1-6-10(11)17-13(18)16/h1-7H,(H2,16,17). The third kappa shape index (κ3) is 1.64. The van der Waals surface area contributed by atoms with Crippen molar-refractivity contribution in [1.82, 2.24) is 9.55 Å². The van der Waals surface area contributed by atoms with Crippen LogP contribution in [-0.2, 0) is 0 Å². The monoisotopic (exact) mass is 277 g/mol. The van der Waals surface area contributed by atoms with Crippen LogP contribution in [0.1, 0.15) is 0 Å². The van der Waals surface area contributed by atoms with Crippen molar-refractivity contribution >= 4 is 40.2 Å². The number of benzene rings is 2. The molecule has 3 aromatic rings. The number of anilines is 1. The lowest BCUT2D eigenvalue weighted by Crippen LogP contribution is -2.02. The second-order valence-electron chi connectivity index (χ2n) is 3.86. The van der Waals surface area contributed by atoms with Gasteiger partial charge in [-0.1, -0.05) is 41.4 Å². The van der Waals surface area contributed by atoms with E-state index in [1.165, 1.54) is 0 Å². The van der Waals surface area contributed by atoms with E-state index in [-0.39, 0.29) is 0 Å². The Morgan fingerprint density at radius 2 is 1.61 bits per heavy atom. The van der Waals surface area contributed by atoms with Crippen molar-refractivity contribution in [2.24, 2.45) is 0 Å². The van der Waals surface area contributed by atoms with Gasteiger partial charge in [0.25, 0.3) is 0 Å². The maximum atomic E-state index is 6.20. The van der Waals surface area contributed by atoms with Crippen LogP contribution < -0.4 is 5.73 Å². The van der Waals surface area contributed by atoms with Crippen LogP contribution in [0.3, 0.4) is 0 Å². The highest BCUT2D eigenvalue weighted by Gasteiger charge is 2.14. The molecule has 0 aliphatic heterocycles. The Hall–Kier alpha value is -1.71. The van der Waals surface area contributed by atoms with Crippen LogP contribution in [0.5, 0.6) is 0 Å². The number of para-hydroxylation sites is 3. The van der Waals surface area contributed by atoms with Crippen LogP contribution in [-0.4, -0.2) is 9.55 Å². The summed E-state index contributed by atoms with van der Waals surface area (Å²) >= 11 is 12.4. The molecule has 0 atom stereocenters. The van der Waals surface area contributed by atoms with Crippen LogP contribution in [0, 0.1) is 0 Å². The molecule has 0 bridgehead atoms. The number of nitrogens with two attached hydrogens (primary N) is 1. The van der Waals surface area contributed by atoms with Gasteiger partial charge < -0.3 is 5.73 Å². The van der Waals surface area contributed by atoms with Gasteiger partial charge in [-0.3, -0.25) is 4.57 Å². The topological polar surface area (TPSA) is 43.8 Å². The molecule has 0 aliphatic rings. The number of aromatic nitrogens is 2. The van der Waals surface area contributed by atoms with Crippen molar-refractivity contribution < 1.29 is 0 Å². The fourth-order valence-corrected chi connectivity index (χ4v) is 2.55. The van der Waals surface area contributed by atoms with Crippen molar-refractivity contribution in [2.75, 3.05) is 5.73 Å². The summed E-state index contributed by atoms with van der Waals surface area (Å²) in [7, 11) is 0. The van der Waals surface area contributed by atoms with Gasteiger partial charge in [0.15, 0.2) is 0 Å². The van der Waals surface area contributed by atoms with Gasteiger partial charge in [0.1, 0.15) is 0 Å². The first kappa shape index (κ1) is 11.4. The molecule has 1 heterocycles. The van der Waals surface area contributed by atoms with E-state index in [1.807, 2.05) is 24.3 Å². The molecular weight excluding hydrogens is 269 g/mol. The second-order valence-corrected chi connectivity index (χ2v) is 4.68. The predicted molar refractivity (Wildman–Crippen MR) is 75.5 cm³/mol. The number of fused-ring (bicyclic) bond motifs is 1. The Bertz CT molecular complexity index is 714.